The Hall–Kier alpha value is -3.64. The fourth-order valence-electron chi connectivity index (χ4n) is 4.51. The number of hydrogen-bond acceptors (Lipinski definition) is 4. The van der Waals surface area contributed by atoms with Gasteiger partial charge in [-0.25, -0.2) is 0 Å². The van der Waals surface area contributed by atoms with Crippen molar-refractivity contribution in [1.82, 2.24) is 10.6 Å². The molecule has 0 radical (unpaired) electrons. The largest absolute Gasteiger partial charge is 0.484 e. The summed E-state index contributed by atoms with van der Waals surface area (Å²) < 4.78 is 5.78. The topological polar surface area (TPSA) is 70.7 Å². The molecule has 2 amide bonds. The zero-order valence-corrected chi connectivity index (χ0v) is 21.7. The van der Waals surface area contributed by atoms with Crippen molar-refractivity contribution in [3.8, 4) is 5.75 Å². The first-order valence-electron chi connectivity index (χ1n) is 13.3. The Morgan fingerprint density at radius 2 is 1.68 bits per heavy atom. The van der Waals surface area contributed by atoms with Gasteiger partial charge in [0.2, 0.25) is 0 Å². The fourth-order valence-corrected chi connectivity index (χ4v) is 4.51. The monoisotopic (exact) mass is 499 g/mol. The molecule has 0 spiro atoms. The van der Waals surface area contributed by atoms with Crippen LogP contribution < -0.4 is 20.3 Å². The van der Waals surface area contributed by atoms with Crippen LogP contribution >= 0.6 is 0 Å². The van der Waals surface area contributed by atoms with Gasteiger partial charge in [-0.2, -0.15) is 0 Å². The van der Waals surface area contributed by atoms with Gasteiger partial charge in [-0.1, -0.05) is 67.3 Å². The van der Waals surface area contributed by atoms with E-state index < -0.39 is 0 Å². The molecule has 1 aliphatic heterocycles. The maximum atomic E-state index is 13.4. The van der Waals surface area contributed by atoms with Gasteiger partial charge in [0.1, 0.15) is 5.75 Å². The van der Waals surface area contributed by atoms with E-state index in [0.29, 0.717) is 30.9 Å². The lowest BCUT2D eigenvalue weighted by Crippen LogP contribution is -2.37. The Morgan fingerprint density at radius 3 is 2.49 bits per heavy atom. The summed E-state index contributed by atoms with van der Waals surface area (Å²) >= 11 is 0. The highest BCUT2D eigenvalue weighted by Gasteiger charge is 2.21. The first-order valence-corrected chi connectivity index (χ1v) is 13.3. The van der Waals surface area contributed by atoms with Gasteiger partial charge in [0.25, 0.3) is 11.8 Å². The van der Waals surface area contributed by atoms with Gasteiger partial charge in [-0.15, -0.1) is 0 Å². The molecule has 6 heteroatoms. The molecule has 0 saturated carbocycles. The molecule has 3 aromatic carbocycles. The predicted octanol–water partition coefficient (Wildman–Crippen LogP) is 5.39. The van der Waals surface area contributed by atoms with Crippen LogP contribution in [0.2, 0.25) is 0 Å². The van der Waals surface area contributed by atoms with Crippen molar-refractivity contribution in [2.75, 3.05) is 24.6 Å². The van der Waals surface area contributed by atoms with Crippen molar-refractivity contribution >= 4 is 17.5 Å². The SMILES string of the molecule is Cc1ccc(CNC(=O)c2ccc3c(c2)CNCCCCCCCN3C(=O)COc2ccccc2)cc1. The van der Waals surface area contributed by atoms with Gasteiger partial charge in [-0.3, -0.25) is 9.59 Å². The number of aryl methyl sites for hydroxylation is 1. The molecule has 1 heterocycles. The summed E-state index contributed by atoms with van der Waals surface area (Å²) in [4.78, 5) is 28.2. The molecule has 0 aromatic heterocycles. The van der Waals surface area contributed by atoms with Crippen molar-refractivity contribution in [2.24, 2.45) is 0 Å². The summed E-state index contributed by atoms with van der Waals surface area (Å²) in [5, 5.41) is 6.53. The van der Waals surface area contributed by atoms with E-state index in [9.17, 15) is 9.59 Å². The van der Waals surface area contributed by atoms with Crippen LogP contribution in [0.25, 0.3) is 0 Å². The lowest BCUT2D eigenvalue weighted by atomic mass is 10.0. The molecule has 3 aromatic rings. The molecular formula is C31H37N3O3. The second-order valence-electron chi connectivity index (χ2n) is 9.60. The number of nitrogens with zero attached hydrogens (tertiary/aromatic N) is 1. The number of amides is 2. The van der Waals surface area contributed by atoms with E-state index >= 15 is 0 Å². The highest BCUT2D eigenvalue weighted by molar-refractivity contribution is 5.98. The number of anilines is 1. The molecule has 0 bridgehead atoms. The van der Waals surface area contributed by atoms with Gasteiger partial charge in [-0.05, 0) is 67.8 Å². The number of para-hydroxylation sites is 1. The van der Waals surface area contributed by atoms with Crippen molar-refractivity contribution in [3.05, 3.63) is 95.1 Å². The first-order chi connectivity index (χ1) is 18.1. The number of fused-ring (bicyclic) bond motifs is 1. The minimum Gasteiger partial charge on any atom is -0.484 e. The van der Waals surface area contributed by atoms with E-state index in [2.05, 4.69) is 10.6 Å². The molecule has 4 rings (SSSR count). The molecule has 2 N–H and O–H groups in total. The number of carbonyl (C=O) groups excluding carboxylic acids is 2. The molecular weight excluding hydrogens is 462 g/mol. The van der Waals surface area contributed by atoms with E-state index in [1.54, 1.807) is 0 Å². The highest BCUT2D eigenvalue weighted by Crippen LogP contribution is 2.25. The van der Waals surface area contributed by atoms with E-state index in [4.69, 9.17) is 4.74 Å². The fraction of sp³-hybridized carbons (Fsp3) is 0.355. The van der Waals surface area contributed by atoms with Crippen molar-refractivity contribution in [2.45, 2.75) is 52.1 Å². The minimum atomic E-state index is -0.125. The summed E-state index contributed by atoms with van der Waals surface area (Å²) in [5.41, 5.74) is 4.62. The first kappa shape index (κ1) is 26.4. The molecule has 0 fully saturated rings. The molecule has 194 valence electrons. The van der Waals surface area contributed by atoms with Gasteiger partial charge in [0.15, 0.2) is 6.61 Å². The number of hydrogen-bond donors (Lipinski definition) is 2. The van der Waals surface area contributed by atoms with Gasteiger partial charge < -0.3 is 20.3 Å². The second kappa shape index (κ2) is 13.6. The predicted molar refractivity (Wildman–Crippen MR) is 148 cm³/mol. The van der Waals surface area contributed by atoms with Crippen molar-refractivity contribution < 1.29 is 14.3 Å². The zero-order valence-electron chi connectivity index (χ0n) is 21.7. The summed E-state index contributed by atoms with van der Waals surface area (Å²) in [6, 6.07) is 23.2. The third-order valence-corrected chi connectivity index (χ3v) is 6.66. The molecule has 1 aliphatic rings. The number of ether oxygens (including phenoxy) is 1. The number of benzene rings is 3. The third-order valence-electron chi connectivity index (χ3n) is 6.66. The Balaban J connectivity index is 1.52. The maximum Gasteiger partial charge on any atom is 0.264 e. The quantitative estimate of drug-likeness (QED) is 0.477. The smallest absolute Gasteiger partial charge is 0.264 e. The Bertz CT molecular complexity index is 1160. The van der Waals surface area contributed by atoms with Gasteiger partial charge in [0, 0.05) is 30.9 Å². The average Bonchev–Trinajstić information content (AvgIpc) is 2.92. The van der Waals surface area contributed by atoms with Crippen LogP contribution in [0.15, 0.2) is 72.8 Å². The number of nitrogens with one attached hydrogen (secondary N) is 2. The minimum absolute atomic E-state index is 0.0321. The van der Waals surface area contributed by atoms with Crippen LogP contribution in [-0.4, -0.2) is 31.5 Å². The molecule has 0 unspecified atom stereocenters. The summed E-state index contributed by atoms with van der Waals surface area (Å²) in [7, 11) is 0. The summed E-state index contributed by atoms with van der Waals surface area (Å²) in [5.74, 6) is 0.464. The van der Waals surface area contributed by atoms with Gasteiger partial charge >= 0.3 is 0 Å². The highest BCUT2D eigenvalue weighted by atomic mass is 16.5. The second-order valence-corrected chi connectivity index (χ2v) is 9.60. The van der Waals surface area contributed by atoms with Crippen LogP contribution in [0.1, 0.15) is 59.2 Å². The summed E-state index contributed by atoms with van der Waals surface area (Å²) in [6.07, 6.45) is 5.48. The summed E-state index contributed by atoms with van der Waals surface area (Å²) in [6.45, 7) is 4.62. The zero-order chi connectivity index (χ0) is 25.9. The van der Waals surface area contributed by atoms with Crippen LogP contribution in [0, 0.1) is 6.92 Å². The lowest BCUT2D eigenvalue weighted by molar-refractivity contribution is -0.120. The van der Waals surface area contributed by atoms with Crippen LogP contribution in [0.3, 0.4) is 0 Å². The number of rotatable bonds is 6. The Morgan fingerprint density at radius 1 is 0.919 bits per heavy atom. The molecule has 37 heavy (non-hydrogen) atoms. The van der Waals surface area contributed by atoms with E-state index in [1.165, 1.54) is 12.0 Å². The van der Waals surface area contributed by atoms with E-state index in [-0.39, 0.29) is 18.4 Å². The molecule has 0 saturated heterocycles. The maximum absolute atomic E-state index is 13.4. The normalized spacial score (nSPS) is 14.6. The van der Waals surface area contributed by atoms with Crippen molar-refractivity contribution in [3.63, 3.8) is 0 Å². The Kier molecular flexibility index (Phi) is 9.72. The number of carbonyl (C=O) groups is 2. The molecule has 6 nitrogen and oxygen atoms in total. The molecule has 0 aliphatic carbocycles. The van der Waals surface area contributed by atoms with Crippen LogP contribution in [-0.2, 0) is 17.9 Å². The molecule has 0 atom stereocenters. The lowest BCUT2D eigenvalue weighted by Gasteiger charge is -2.26. The van der Waals surface area contributed by atoms with E-state index in [1.807, 2.05) is 84.6 Å². The average molecular weight is 500 g/mol. The standard InChI is InChI=1S/C31H37N3O3/c1-24-12-14-25(15-13-24)21-33-31(36)26-16-17-29-27(20-26)22-32-18-8-3-2-4-9-19-34(29)30(35)23-37-28-10-6-5-7-11-28/h5-7,10-17,20,32H,2-4,8-9,18-19,21-23H2,1H3,(H,33,36). The van der Waals surface area contributed by atoms with E-state index in [0.717, 1.165) is 49.0 Å². The van der Waals surface area contributed by atoms with Gasteiger partial charge in [0.05, 0.1) is 0 Å². The Labute approximate surface area is 220 Å². The van der Waals surface area contributed by atoms with Crippen LogP contribution in [0.4, 0.5) is 5.69 Å². The van der Waals surface area contributed by atoms with Crippen molar-refractivity contribution in [1.29, 1.82) is 0 Å². The third kappa shape index (κ3) is 7.92. The van der Waals surface area contributed by atoms with Crippen LogP contribution in [0.5, 0.6) is 5.75 Å².